The molecule has 0 spiro atoms. The first kappa shape index (κ1) is 22.9. The summed E-state index contributed by atoms with van der Waals surface area (Å²) < 4.78 is 0. The Bertz CT molecular complexity index is 597. The van der Waals surface area contributed by atoms with Gasteiger partial charge >= 0.3 is 0 Å². The van der Waals surface area contributed by atoms with Crippen LogP contribution in [-0.2, 0) is 0 Å². The SMILES string of the molecule is CCC[C@H]1CCC2[C@H](CCC3[C@@H]2CCC2(C)[C@H]3C[C@H](CC=C(C)C)[C@@H]2C(C)CC)C1. The summed E-state index contributed by atoms with van der Waals surface area (Å²) in [7, 11) is 0. The van der Waals surface area contributed by atoms with E-state index in [1.807, 2.05) is 0 Å². The predicted octanol–water partition coefficient (Wildman–Crippen LogP) is 9.30. The summed E-state index contributed by atoms with van der Waals surface area (Å²) in [6, 6.07) is 0. The van der Waals surface area contributed by atoms with Crippen LogP contribution < -0.4 is 0 Å². The van der Waals surface area contributed by atoms with Gasteiger partial charge in [0.2, 0.25) is 0 Å². The van der Waals surface area contributed by atoms with Gasteiger partial charge in [-0.15, -0.1) is 0 Å². The van der Waals surface area contributed by atoms with Crippen molar-refractivity contribution in [1.29, 1.82) is 0 Å². The largest absolute Gasteiger partial charge is 0.0856 e. The Labute approximate surface area is 189 Å². The highest BCUT2D eigenvalue weighted by molar-refractivity contribution is 5.10. The van der Waals surface area contributed by atoms with Gasteiger partial charge < -0.3 is 0 Å². The zero-order valence-electron chi connectivity index (χ0n) is 21.3. The van der Waals surface area contributed by atoms with E-state index in [2.05, 4.69) is 47.6 Å². The van der Waals surface area contributed by atoms with Crippen molar-refractivity contribution in [1.82, 2.24) is 0 Å². The molecule has 4 aliphatic rings. The normalized spacial score (nSPS) is 46.5. The van der Waals surface area contributed by atoms with Crippen molar-refractivity contribution in [3.63, 3.8) is 0 Å². The molecule has 4 rings (SSSR count). The lowest BCUT2D eigenvalue weighted by Crippen LogP contribution is -2.49. The molecule has 0 N–H and O–H groups in total. The number of rotatable bonds is 6. The van der Waals surface area contributed by atoms with Crippen LogP contribution in [0.25, 0.3) is 0 Å². The fourth-order valence-corrected chi connectivity index (χ4v) is 9.84. The first-order valence-corrected chi connectivity index (χ1v) is 14.0. The molecule has 0 aliphatic heterocycles. The summed E-state index contributed by atoms with van der Waals surface area (Å²) in [4.78, 5) is 0. The average Bonchev–Trinajstić information content (AvgIpc) is 3.04. The molecule has 0 radical (unpaired) electrons. The Hall–Kier alpha value is -0.260. The highest BCUT2D eigenvalue weighted by Gasteiger charge is 2.60. The molecule has 0 amide bonds. The summed E-state index contributed by atoms with van der Waals surface area (Å²) in [6.07, 6.45) is 20.7. The van der Waals surface area contributed by atoms with Gasteiger partial charge in [0.15, 0.2) is 0 Å². The summed E-state index contributed by atoms with van der Waals surface area (Å²) in [5.41, 5.74) is 2.16. The van der Waals surface area contributed by atoms with Gasteiger partial charge in [-0.3, -0.25) is 0 Å². The van der Waals surface area contributed by atoms with Crippen molar-refractivity contribution in [2.45, 2.75) is 119 Å². The van der Waals surface area contributed by atoms with Crippen molar-refractivity contribution in [2.75, 3.05) is 0 Å². The van der Waals surface area contributed by atoms with E-state index in [9.17, 15) is 0 Å². The highest BCUT2D eigenvalue weighted by atomic mass is 14.6. The number of allylic oxidation sites excluding steroid dienone is 2. The van der Waals surface area contributed by atoms with E-state index >= 15 is 0 Å². The first-order chi connectivity index (χ1) is 14.4. The van der Waals surface area contributed by atoms with Crippen molar-refractivity contribution in [2.24, 2.45) is 58.7 Å². The molecule has 172 valence electrons. The molecule has 4 fully saturated rings. The molecular weight excluding hydrogens is 360 g/mol. The molecule has 0 bridgehead atoms. The third-order valence-corrected chi connectivity index (χ3v) is 11.1. The van der Waals surface area contributed by atoms with Crippen LogP contribution in [-0.4, -0.2) is 0 Å². The lowest BCUT2D eigenvalue weighted by atomic mass is 9.48. The van der Waals surface area contributed by atoms with Gasteiger partial charge in [0.25, 0.3) is 0 Å². The fraction of sp³-hybridized carbons (Fsp3) is 0.933. The lowest BCUT2D eigenvalue weighted by Gasteiger charge is -2.57. The number of fused-ring (bicyclic) bond motifs is 5. The van der Waals surface area contributed by atoms with E-state index in [-0.39, 0.29) is 0 Å². The Morgan fingerprint density at radius 2 is 1.73 bits per heavy atom. The maximum atomic E-state index is 2.76. The minimum absolute atomic E-state index is 0.628. The van der Waals surface area contributed by atoms with E-state index in [1.54, 1.807) is 51.4 Å². The summed E-state index contributed by atoms with van der Waals surface area (Å²) in [5.74, 6) is 9.24. The Kier molecular flexibility index (Phi) is 7.11. The zero-order chi connectivity index (χ0) is 21.5. The smallest absolute Gasteiger partial charge is 0.0261 e. The van der Waals surface area contributed by atoms with E-state index in [1.165, 1.54) is 31.3 Å². The molecule has 0 aromatic heterocycles. The van der Waals surface area contributed by atoms with E-state index in [4.69, 9.17) is 0 Å². The molecule has 10 atom stereocenters. The van der Waals surface area contributed by atoms with E-state index in [0.29, 0.717) is 5.41 Å². The maximum absolute atomic E-state index is 2.76. The minimum Gasteiger partial charge on any atom is -0.0856 e. The first-order valence-electron chi connectivity index (χ1n) is 14.0. The molecular formula is C30H52. The lowest BCUT2D eigenvalue weighted by molar-refractivity contribution is -0.0752. The number of hydrogen-bond donors (Lipinski definition) is 0. The monoisotopic (exact) mass is 412 g/mol. The van der Waals surface area contributed by atoms with Crippen molar-refractivity contribution < 1.29 is 0 Å². The van der Waals surface area contributed by atoms with Crippen molar-refractivity contribution in [3.05, 3.63) is 11.6 Å². The Balaban J connectivity index is 1.53. The van der Waals surface area contributed by atoms with Crippen LogP contribution in [0.5, 0.6) is 0 Å². The molecule has 0 nitrogen and oxygen atoms in total. The molecule has 0 aromatic carbocycles. The summed E-state index contributed by atoms with van der Waals surface area (Å²) in [5, 5.41) is 0. The van der Waals surface area contributed by atoms with Gasteiger partial charge in [-0.2, -0.15) is 0 Å². The topological polar surface area (TPSA) is 0 Å². The van der Waals surface area contributed by atoms with Gasteiger partial charge in [-0.1, -0.05) is 65.0 Å². The molecule has 0 aromatic rings. The van der Waals surface area contributed by atoms with Crippen LogP contribution >= 0.6 is 0 Å². The van der Waals surface area contributed by atoms with E-state index in [0.717, 1.165) is 53.3 Å². The van der Waals surface area contributed by atoms with Crippen LogP contribution in [0.3, 0.4) is 0 Å². The van der Waals surface area contributed by atoms with Gasteiger partial charge in [-0.25, -0.2) is 0 Å². The van der Waals surface area contributed by atoms with Gasteiger partial charge in [0.05, 0.1) is 0 Å². The molecule has 0 saturated heterocycles. The third-order valence-electron chi connectivity index (χ3n) is 11.1. The molecule has 4 saturated carbocycles. The van der Waals surface area contributed by atoms with Crippen molar-refractivity contribution >= 4 is 0 Å². The van der Waals surface area contributed by atoms with Crippen LogP contribution in [0.4, 0.5) is 0 Å². The second kappa shape index (κ2) is 9.31. The van der Waals surface area contributed by atoms with Crippen LogP contribution in [0.15, 0.2) is 11.6 Å². The molecule has 4 aliphatic carbocycles. The molecule has 30 heavy (non-hydrogen) atoms. The fourth-order valence-electron chi connectivity index (χ4n) is 9.84. The van der Waals surface area contributed by atoms with Crippen LogP contribution in [0.2, 0.25) is 0 Å². The van der Waals surface area contributed by atoms with Gasteiger partial charge in [0.1, 0.15) is 0 Å². The average molecular weight is 413 g/mol. The zero-order valence-corrected chi connectivity index (χ0v) is 21.3. The summed E-state index contributed by atoms with van der Waals surface area (Å²) in [6.45, 7) is 14.8. The standard InChI is InChI=1S/C30H52/c1-7-9-22-11-14-25-23(18-22)13-15-27-26(25)16-17-30(6)28(27)19-24(12-10-20(3)4)29(30)21(5)8-2/h10,21-29H,7-9,11-19H2,1-6H3/t21?,22-,23+,24-,25?,26+,27?,28-,29-,30?/m0/s1. The Morgan fingerprint density at radius 1 is 0.967 bits per heavy atom. The molecule has 0 heteroatoms. The molecule has 0 heterocycles. The van der Waals surface area contributed by atoms with Gasteiger partial charge in [-0.05, 0) is 124 Å². The second-order valence-electron chi connectivity index (χ2n) is 12.9. The number of hydrogen-bond acceptors (Lipinski definition) is 0. The van der Waals surface area contributed by atoms with Gasteiger partial charge in [0, 0.05) is 0 Å². The highest BCUT2D eigenvalue weighted by Crippen LogP contribution is 2.67. The maximum Gasteiger partial charge on any atom is -0.0261 e. The van der Waals surface area contributed by atoms with E-state index < -0.39 is 0 Å². The van der Waals surface area contributed by atoms with Crippen molar-refractivity contribution in [3.8, 4) is 0 Å². The summed E-state index contributed by atoms with van der Waals surface area (Å²) >= 11 is 0. The predicted molar refractivity (Wildman–Crippen MR) is 131 cm³/mol. The quantitative estimate of drug-likeness (QED) is 0.381. The third kappa shape index (κ3) is 4.08. The van der Waals surface area contributed by atoms with Crippen LogP contribution in [0, 0.1) is 58.7 Å². The van der Waals surface area contributed by atoms with Crippen LogP contribution in [0.1, 0.15) is 119 Å². The second-order valence-corrected chi connectivity index (χ2v) is 12.9. The molecule has 4 unspecified atom stereocenters. The Morgan fingerprint density at radius 3 is 2.43 bits per heavy atom. The minimum atomic E-state index is 0.628.